The molecule has 0 bridgehead atoms. The quantitative estimate of drug-likeness (QED) is 0.341. The van der Waals surface area contributed by atoms with Gasteiger partial charge in [0, 0.05) is 24.4 Å². The van der Waals surface area contributed by atoms with Gasteiger partial charge in [-0.2, -0.15) is 8.42 Å². The molecule has 28 heavy (non-hydrogen) atoms. The largest absolute Gasteiger partial charge is 0.379 e. The molecule has 0 spiro atoms. The Labute approximate surface area is 168 Å². The standard InChI is InChI=1S/C17H13N3O5S3/c1-10-2-5-15(13(8-10)20(21)22)28(23,24)25-11-3-4-12-14(9-11)27-17(19-12)16-18-6-7-26-16/h2-5,8-9H,6-7H2,1H3. The molecule has 0 amide bonds. The van der Waals surface area contributed by atoms with Gasteiger partial charge in [0.25, 0.3) is 5.69 Å². The first kappa shape index (κ1) is 18.8. The molecule has 0 unspecified atom stereocenters. The normalized spacial score (nSPS) is 14.2. The lowest BCUT2D eigenvalue weighted by atomic mass is 10.2. The second kappa shape index (κ2) is 7.15. The van der Waals surface area contributed by atoms with E-state index in [-0.39, 0.29) is 5.75 Å². The Kier molecular flexibility index (Phi) is 4.81. The molecule has 2 aromatic carbocycles. The minimum absolute atomic E-state index is 0.0681. The molecule has 8 nitrogen and oxygen atoms in total. The molecule has 0 atom stereocenters. The molecule has 4 rings (SSSR count). The molecular formula is C17H13N3O5S3. The topological polar surface area (TPSA) is 112 Å². The summed E-state index contributed by atoms with van der Waals surface area (Å²) in [7, 11) is -4.37. The third kappa shape index (κ3) is 3.60. The van der Waals surface area contributed by atoms with Crippen LogP contribution in [0.15, 0.2) is 46.3 Å². The van der Waals surface area contributed by atoms with Gasteiger partial charge >= 0.3 is 10.1 Å². The first-order valence-electron chi connectivity index (χ1n) is 8.11. The van der Waals surface area contributed by atoms with Gasteiger partial charge in [-0.05, 0) is 30.7 Å². The van der Waals surface area contributed by atoms with Crippen LogP contribution in [0.3, 0.4) is 0 Å². The summed E-state index contributed by atoms with van der Waals surface area (Å²) in [6.45, 7) is 2.41. The maximum Gasteiger partial charge on any atom is 0.346 e. The zero-order valence-corrected chi connectivity index (χ0v) is 16.9. The average Bonchev–Trinajstić information content (AvgIpc) is 3.30. The molecule has 0 N–H and O–H groups in total. The van der Waals surface area contributed by atoms with E-state index in [0.717, 1.165) is 27.0 Å². The van der Waals surface area contributed by atoms with Crippen LogP contribution in [-0.2, 0) is 10.1 Å². The predicted octanol–water partition coefficient (Wildman–Crippen LogP) is 3.77. The van der Waals surface area contributed by atoms with Crippen LogP contribution in [0.25, 0.3) is 10.2 Å². The van der Waals surface area contributed by atoms with E-state index in [1.165, 1.54) is 35.6 Å². The van der Waals surface area contributed by atoms with Gasteiger partial charge in [0.05, 0.1) is 15.1 Å². The van der Waals surface area contributed by atoms with Crippen LogP contribution in [0.5, 0.6) is 5.75 Å². The number of hydrogen-bond acceptors (Lipinski definition) is 9. The smallest absolute Gasteiger partial charge is 0.346 e. The van der Waals surface area contributed by atoms with Gasteiger partial charge in [-0.1, -0.05) is 6.07 Å². The second-order valence-electron chi connectivity index (χ2n) is 5.95. The molecule has 11 heteroatoms. The number of aromatic nitrogens is 1. The number of aliphatic imine (C=N–C) groups is 1. The van der Waals surface area contributed by atoms with E-state index < -0.39 is 25.6 Å². The maximum atomic E-state index is 12.6. The molecule has 1 aliphatic heterocycles. The van der Waals surface area contributed by atoms with Crippen LogP contribution in [0.1, 0.15) is 10.6 Å². The van der Waals surface area contributed by atoms with Crippen molar-refractivity contribution in [3.8, 4) is 5.75 Å². The van der Waals surface area contributed by atoms with E-state index in [9.17, 15) is 18.5 Å². The number of nitro benzene ring substituents is 1. The van der Waals surface area contributed by atoms with E-state index in [1.807, 2.05) is 0 Å². The molecule has 1 aliphatic rings. The Bertz CT molecular complexity index is 1230. The predicted molar refractivity (Wildman–Crippen MR) is 109 cm³/mol. The highest BCUT2D eigenvalue weighted by atomic mass is 32.2. The van der Waals surface area contributed by atoms with Crippen molar-refractivity contribution in [3.05, 3.63) is 57.1 Å². The van der Waals surface area contributed by atoms with Crippen molar-refractivity contribution >= 4 is 54.2 Å². The number of benzene rings is 2. The number of rotatable bonds is 5. The molecule has 144 valence electrons. The van der Waals surface area contributed by atoms with Crippen LogP contribution >= 0.6 is 23.1 Å². The highest BCUT2D eigenvalue weighted by molar-refractivity contribution is 8.15. The molecule has 0 saturated heterocycles. The van der Waals surface area contributed by atoms with Gasteiger partial charge in [0.1, 0.15) is 15.8 Å². The third-order valence-corrected chi connectivity index (χ3v) is 7.35. The Morgan fingerprint density at radius 2 is 2.04 bits per heavy atom. The summed E-state index contributed by atoms with van der Waals surface area (Å²) in [6, 6.07) is 8.57. The highest BCUT2D eigenvalue weighted by Crippen LogP contribution is 2.32. The van der Waals surface area contributed by atoms with Crippen LogP contribution in [-0.4, -0.2) is 35.7 Å². The molecular weight excluding hydrogens is 422 g/mol. The monoisotopic (exact) mass is 435 g/mol. The number of hydrogen-bond donors (Lipinski definition) is 0. The molecule has 1 aromatic heterocycles. The first-order valence-corrected chi connectivity index (χ1v) is 11.3. The summed E-state index contributed by atoms with van der Waals surface area (Å²) in [5.41, 5.74) is 0.774. The fourth-order valence-electron chi connectivity index (χ4n) is 2.67. The fraction of sp³-hybridized carbons (Fsp3) is 0.176. The number of aryl methyl sites for hydroxylation is 1. The average molecular weight is 436 g/mol. The van der Waals surface area contributed by atoms with E-state index >= 15 is 0 Å². The number of nitro groups is 1. The summed E-state index contributed by atoms with van der Waals surface area (Å²) in [4.78, 5) is 18.9. The Morgan fingerprint density at radius 3 is 2.75 bits per heavy atom. The van der Waals surface area contributed by atoms with Crippen molar-refractivity contribution in [1.82, 2.24) is 4.98 Å². The van der Waals surface area contributed by atoms with Crippen molar-refractivity contribution in [2.24, 2.45) is 4.99 Å². The van der Waals surface area contributed by atoms with Crippen molar-refractivity contribution in [2.45, 2.75) is 11.8 Å². The zero-order chi connectivity index (χ0) is 19.9. The third-order valence-electron chi connectivity index (χ3n) is 3.91. The van der Waals surface area contributed by atoms with E-state index in [0.29, 0.717) is 11.1 Å². The van der Waals surface area contributed by atoms with Gasteiger partial charge in [0.15, 0.2) is 4.90 Å². The lowest BCUT2D eigenvalue weighted by Gasteiger charge is -2.08. The summed E-state index contributed by atoms with van der Waals surface area (Å²) >= 11 is 3.03. The molecule has 3 aromatic rings. The van der Waals surface area contributed by atoms with Gasteiger partial charge in [-0.3, -0.25) is 15.1 Å². The van der Waals surface area contributed by atoms with Crippen molar-refractivity contribution < 1.29 is 17.5 Å². The second-order valence-corrected chi connectivity index (χ2v) is 9.58. The molecule has 0 radical (unpaired) electrons. The number of nitrogens with zero attached hydrogens (tertiary/aromatic N) is 3. The van der Waals surface area contributed by atoms with Gasteiger partial charge in [-0.15, -0.1) is 23.1 Å². The lowest BCUT2D eigenvalue weighted by Crippen LogP contribution is -2.12. The number of thioether (sulfide) groups is 1. The van der Waals surface area contributed by atoms with Gasteiger partial charge < -0.3 is 4.18 Å². The molecule has 0 fully saturated rings. The SMILES string of the molecule is Cc1ccc(S(=O)(=O)Oc2ccc3nc(C4=NCCS4)sc3c2)c([N+](=O)[O-])c1. The van der Waals surface area contributed by atoms with E-state index in [1.54, 1.807) is 30.8 Å². The van der Waals surface area contributed by atoms with Gasteiger partial charge in [-0.25, -0.2) is 4.98 Å². The lowest BCUT2D eigenvalue weighted by molar-refractivity contribution is -0.387. The van der Waals surface area contributed by atoms with Crippen LogP contribution in [0, 0.1) is 17.0 Å². The van der Waals surface area contributed by atoms with Crippen molar-refractivity contribution in [3.63, 3.8) is 0 Å². The minimum atomic E-state index is -4.37. The number of fused-ring (bicyclic) bond motifs is 1. The summed E-state index contributed by atoms with van der Waals surface area (Å²) in [5, 5.41) is 12.9. The Morgan fingerprint density at radius 1 is 1.21 bits per heavy atom. The van der Waals surface area contributed by atoms with E-state index in [4.69, 9.17) is 4.18 Å². The van der Waals surface area contributed by atoms with Crippen LogP contribution < -0.4 is 4.18 Å². The van der Waals surface area contributed by atoms with Crippen LogP contribution in [0.4, 0.5) is 5.69 Å². The maximum absolute atomic E-state index is 12.6. The fourth-order valence-corrected chi connectivity index (χ4v) is 5.66. The summed E-state index contributed by atoms with van der Waals surface area (Å²) in [5.74, 6) is 0.992. The summed E-state index contributed by atoms with van der Waals surface area (Å²) < 4.78 is 31.2. The molecule has 0 saturated carbocycles. The molecule has 0 aliphatic carbocycles. The minimum Gasteiger partial charge on any atom is -0.379 e. The van der Waals surface area contributed by atoms with Crippen molar-refractivity contribution in [2.75, 3.05) is 12.3 Å². The summed E-state index contributed by atoms with van der Waals surface area (Å²) in [6.07, 6.45) is 0. The van der Waals surface area contributed by atoms with Gasteiger partial charge in [0.2, 0.25) is 0 Å². The zero-order valence-electron chi connectivity index (χ0n) is 14.5. The highest BCUT2D eigenvalue weighted by Gasteiger charge is 2.28. The first-order chi connectivity index (χ1) is 13.3. The Hall–Kier alpha value is -2.50. The van der Waals surface area contributed by atoms with Crippen LogP contribution in [0.2, 0.25) is 0 Å². The number of thiazole rings is 1. The Balaban J connectivity index is 1.68. The van der Waals surface area contributed by atoms with E-state index in [2.05, 4.69) is 9.98 Å². The molecule has 2 heterocycles. The van der Waals surface area contributed by atoms with Crippen molar-refractivity contribution in [1.29, 1.82) is 0 Å².